The summed E-state index contributed by atoms with van der Waals surface area (Å²) in [5, 5.41) is 12.1. The van der Waals surface area contributed by atoms with Crippen LogP contribution in [0.5, 0.6) is 5.75 Å². The summed E-state index contributed by atoms with van der Waals surface area (Å²) in [5.41, 5.74) is 9.10. The van der Waals surface area contributed by atoms with Crippen molar-refractivity contribution in [1.82, 2.24) is 25.9 Å². The Morgan fingerprint density at radius 2 is 1.86 bits per heavy atom. The Balaban J connectivity index is 1.71. The van der Waals surface area contributed by atoms with Gasteiger partial charge in [-0.15, -0.1) is 22.4 Å². The van der Waals surface area contributed by atoms with E-state index >= 15 is 0 Å². The number of nitrogens with one attached hydrogen (secondary N) is 2. The van der Waals surface area contributed by atoms with Crippen LogP contribution in [-0.4, -0.2) is 34.3 Å². The molecule has 3 aromatic rings. The third-order valence-electron chi connectivity index (χ3n) is 4.42. The summed E-state index contributed by atoms with van der Waals surface area (Å²) in [6.07, 6.45) is 1.87. The normalized spacial score (nSPS) is 13.4. The number of methoxy groups -OCH3 is 1. The smallest absolute Gasteiger partial charge is 0.177 e. The minimum Gasteiger partial charge on any atom is -0.497 e. The fraction of sp³-hybridized carbons (Fsp3) is 0.200. The van der Waals surface area contributed by atoms with Crippen molar-refractivity contribution in [3.05, 3.63) is 71.9 Å². The van der Waals surface area contributed by atoms with Crippen LogP contribution in [0.25, 0.3) is 5.69 Å². The van der Waals surface area contributed by atoms with E-state index < -0.39 is 0 Å². The summed E-state index contributed by atoms with van der Waals surface area (Å²) in [6.45, 7) is 2.85. The number of hydrogen-bond acceptors (Lipinski definition) is 7. The maximum atomic E-state index is 5.28. The zero-order valence-corrected chi connectivity index (χ0v) is 16.6. The predicted octanol–water partition coefficient (Wildman–Crippen LogP) is 3.18. The van der Waals surface area contributed by atoms with Crippen molar-refractivity contribution in [3.8, 4) is 11.4 Å². The fourth-order valence-corrected chi connectivity index (χ4v) is 4.02. The number of rotatable bonds is 7. The maximum Gasteiger partial charge on any atom is 0.177 e. The molecule has 7 nitrogen and oxygen atoms in total. The number of nitrogens with zero attached hydrogens (tertiary/aromatic N) is 4. The lowest BCUT2D eigenvalue weighted by Crippen LogP contribution is -2.40. The fourth-order valence-electron chi connectivity index (χ4n) is 2.95. The highest BCUT2D eigenvalue weighted by molar-refractivity contribution is 7.98. The molecule has 2 N–H and O–H groups in total. The van der Waals surface area contributed by atoms with Crippen molar-refractivity contribution in [2.45, 2.75) is 17.7 Å². The number of amidine groups is 1. The molecule has 1 aromatic heterocycles. The van der Waals surface area contributed by atoms with Crippen molar-refractivity contribution in [1.29, 1.82) is 0 Å². The molecule has 0 spiro atoms. The average molecular weight is 395 g/mol. The highest BCUT2D eigenvalue weighted by Crippen LogP contribution is 2.30. The number of hydrazone groups is 1. The molecule has 1 aliphatic heterocycles. The van der Waals surface area contributed by atoms with E-state index in [0.717, 1.165) is 40.2 Å². The van der Waals surface area contributed by atoms with E-state index in [4.69, 9.17) is 4.74 Å². The second-order valence-corrected chi connectivity index (χ2v) is 7.11. The third kappa shape index (κ3) is 3.69. The van der Waals surface area contributed by atoms with Crippen LogP contribution >= 0.6 is 11.8 Å². The lowest BCUT2D eigenvalue weighted by molar-refractivity contribution is 0.308. The van der Waals surface area contributed by atoms with Crippen molar-refractivity contribution in [2.24, 2.45) is 5.10 Å². The molecule has 2 heterocycles. The number of hydrogen-bond donors (Lipinski definition) is 2. The molecule has 0 bridgehead atoms. The quantitative estimate of drug-likeness (QED) is 0.600. The van der Waals surface area contributed by atoms with Gasteiger partial charge in [-0.25, -0.2) is 10.2 Å². The van der Waals surface area contributed by atoms with Crippen LogP contribution in [0, 0.1) is 0 Å². The Kier molecular flexibility index (Phi) is 5.50. The van der Waals surface area contributed by atoms with Gasteiger partial charge >= 0.3 is 0 Å². The number of benzene rings is 2. The molecular formula is C20H22N6OS. The highest BCUT2D eigenvalue weighted by Gasteiger charge is 2.24. The van der Waals surface area contributed by atoms with Crippen LogP contribution in [0.1, 0.15) is 18.1 Å². The molecule has 0 unspecified atom stereocenters. The molecule has 0 aliphatic carbocycles. The molecule has 0 saturated carbocycles. The lowest BCUT2D eigenvalue weighted by Gasteiger charge is -2.17. The van der Waals surface area contributed by atoms with E-state index in [1.807, 2.05) is 46.2 Å². The Bertz CT molecular complexity index is 955. The number of ether oxygens (including phenoxy) is 1. The third-order valence-corrected chi connectivity index (χ3v) is 5.56. The monoisotopic (exact) mass is 394 g/mol. The standard InChI is InChI=1S/C20H22N6OS/c1-3-25-19(22-23-24-25)18-13-21-26(16-9-11-17(27-2)12-10-16)20(18)28-14-15-7-5-4-6-8-15/h4-13,23-24H,3,14H2,1-2H3. The minimum absolute atomic E-state index is 0.780. The molecule has 0 radical (unpaired) electrons. The van der Waals surface area contributed by atoms with E-state index in [9.17, 15) is 0 Å². The summed E-state index contributed by atoms with van der Waals surface area (Å²) >= 11 is 1.74. The van der Waals surface area contributed by atoms with E-state index in [-0.39, 0.29) is 0 Å². The molecule has 8 heteroatoms. The van der Waals surface area contributed by atoms with Crippen LogP contribution in [0.2, 0.25) is 0 Å². The van der Waals surface area contributed by atoms with Crippen molar-refractivity contribution in [3.63, 3.8) is 0 Å². The Morgan fingerprint density at radius 1 is 1.07 bits per heavy atom. The summed E-state index contributed by atoms with van der Waals surface area (Å²) < 4.78 is 7.23. The molecule has 2 aromatic carbocycles. The number of hydrazine groups is 2. The van der Waals surface area contributed by atoms with Crippen LogP contribution < -0.4 is 15.8 Å². The van der Waals surface area contributed by atoms with E-state index in [2.05, 4.69) is 52.5 Å². The van der Waals surface area contributed by atoms with Gasteiger partial charge in [-0.1, -0.05) is 30.3 Å². The average Bonchev–Trinajstić information content (AvgIpc) is 3.39. The van der Waals surface area contributed by atoms with Crippen molar-refractivity contribution in [2.75, 3.05) is 13.7 Å². The first-order chi connectivity index (χ1) is 13.8. The Labute approximate surface area is 168 Å². The topological polar surface area (TPSA) is 66.7 Å². The van der Waals surface area contributed by atoms with Gasteiger partial charge in [0, 0.05) is 12.3 Å². The number of thioether (sulfide) groups is 1. The van der Waals surface area contributed by atoms with Crippen LogP contribution in [-0.2, 0) is 5.75 Å². The maximum absolute atomic E-state index is 5.28. The van der Waals surface area contributed by atoms with Crippen LogP contribution in [0.15, 0.2) is 70.9 Å². The first-order valence-electron chi connectivity index (χ1n) is 9.05. The Morgan fingerprint density at radius 3 is 2.57 bits per heavy atom. The molecule has 0 amide bonds. The zero-order valence-electron chi connectivity index (χ0n) is 15.8. The first-order valence-corrected chi connectivity index (χ1v) is 10.0. The molecule has 28 heavy (non-hydrogen) atoms. The molecule has 0 atom stereocenters. The second-order valence-electron chi connectivity index (χ2n) is 6.15. The van der Waals surface area contributed by atoms with Gasteiger partial charge < -0.3 is 4.74 Å². The van der Waals surface area contributed by atoms with Crippen molar-refractivity contribution >= 4 is 17.6 Å². The van der Waals surface area contributed by atoms with E-state index in [1.165, 1.54) is 5.56 Å². The van der Waals surface area contributed by atoms with Crippen LogP contribution in [0.4, 0.5) is 0 Å². The highest BCUT2D eigenvalue weighted by atomic mass is 32.2. The summed E-state index contributed by atoms with van der Waals surface area (Å²) in [7, 11) is 1.67. The van der Waals surface area contributed by atoms with Crippen molar-refractivity contribution < 1.29 is 4.74 Å². The molecule has 1 aliphatic rings. The van der Waals surface area contributed by atoms with Gasteiger partial charge in [0.1, 0.15) is 10.8 Å². The first kappa shape index (κ1) is 18.4. The van der Waals surface area contributed by atoms with Crippen LogP contribution in [0.3, 0.4) is 0 Å². The predicted molar refractivity (Wildman–Crippen MR) is 111 cm³/mol. The second kappa shape index (κ2) is 8.37. The zero-order chi connectivity index (χ0) is 19.3. The van der Waals surface area contributed by atoms with Gasteiger partial charge in [-0.05, 0) is 36.8 Å². The number of aromatic nitrogens is 2. The van der Waals surface area contributed by atoms with Gasteiger partial charge in [0.25, 0.3) is 0 Å². The molecule has 144 valence electrons. The van der Waals surface area contributed by atoms with Gasteiger partial charge in [-0.2, -0.15) is 5.10 Å². The van der Waals surface area contributed by atoms with Gasteiger partial charge in [0.2, 0.25) is 0 Å². The Hall–Kier alpha value is -2.97. The molecular weight excluding hydrogens is 372 g/mol. The largest absolute Gasteiger partial charge is 0.497 e. The van der Waals surface area contributed by atoms with Gasteiger partial charge in [0.05, 0.1) is 24.6 Å². The minimum atomic E-state index is 0.780. The lowest BCUT2D eigenvalue weighted by atomic mass is 10.2. The van der Waals surface area contributed by atoms with E-state index in [1.54, 1.807) is 18.9 Å². The summed E-state index contributed by atoms with van der Waals surface area (Å²) in [4.78, 5) is 0. The summed E-state index contributed by atoms with van der Waals surface area (Å²) in [5.74, 6) is 2.49. The SMILES string of the molecule is CCN1NNN=C1c1cnn(-c2ccc(OC)cc2)c1SCc1ccccc1. The molecule has 4 rings (SSSR count). The van der Waals surface area contributed by atoms with Gasteiger partial charge in [-0.3, -0.25) is 5.01 Å². The summed E-state index contributed by atoms with van der Waals surface area (Å²) in [6, 6.07) is 18.3. The molecule has 0 saturated heterocycles. The molecule has 0 fully saturated rings. The van der Waals surface area contributed by atoms with Gasteiger partial charge in [0.15, 0.2) is 5.84 Å². The van der Waals surface area contributed by atoms with E-state index in [0.29, 0.717) is 0 Å².